The van der Waals surface area contributed by atoms with Gasteiger partial charge in [0.2, 0.25) is 5.91 Å². The minimum atomic E-state index is -0.401. The number of carbonyl (C=O) groups excluding carboxylic acids is 2. The first-order valence-electron chi connectivity index (χ1n) is 9.27. The Balaban J connectivity index is 1.38. The van der Waals surface area contributed by atoms with Crippen molar-refractivity contribution in [2.45, 2.75) is 44.2 Å². The highest BCUT2D eigenvalue weighted by Gasteiger charge is 2.23. The highest BCUT2D eigenvalue weighted by molar-refractivity contribution is 5.95. The Kier molecular flexibility index (Phi) is 6.33. The van der Waals surface area contributed by atoms with E-state index in [9.17, 15) is 9.59 Å². The van der Waals surface area contributed by atoms with Crippen LogP contribution in [0, 0.1) is 0 Å². The van der Waals surface area contributed by atoms with Gasteiger partial charge >= 0.3 is 6.03 Å². The third kappa shape index (κ3) is 5.36. The van der Waals surface area contributed by atoms with Gasteiger partial charge in [0.15, 0.2) is 11.5 Å². The van der Waals surface area contributed by atoms with Crippen molar-refractivity contribution in [2.75, 3.05) is 26.7 Å². The van der Waals surface area contributed by atoms with Gasteiger partial charge in [0.25, 0.3) is 0 Å². The Hall–Kier alpha value is -2.28. The molecule has 142 valence electrons. The van der Waals surface area contributed by atoms with E-state index in [2.05, 4.69) is 10.6 Å². The van der Waals surface area contributed by atoms with Crippen LogP contribution in [0.25, 0.3) is 0 Å². The number of carbonyl (C=O) groups is 2. The van der Waals surface area contributed by atoms with Crippen molar-refractivity contribution in [2.24, 2.45) is 0 Å². The van der Waals surface area contributed by atoms with Crippen LogP contribution in [-0.2, 0) is 4.79 Å². The van der Waals surface area contributed by atoms with Crippen LogP contribution in [0.15, 0.2) is 24.3 Å². The lowest BCUT2D eigenvalue weighted by Gasteiger charge is -2.29. The summed E-state index contributed by atoms with van der Waals surface area (Å²) in [6, 6.07) is 7.31. The number of benzene rings is 1. The predicted molar refractivity (Wildman–Crippen MR) is 97.4 cm³/mol. The average Bonchev–Trinajstić information content (AvgIpc) is 2.62. The maximum atomic E-state index is 12.1. The predicted octanol–water partition coefficient (Wildman–Crippen LogP) is 1.92. The lowest BCUT2D eigenvalue weighted by atomic mass is 9.96. The lowest BCUT2D eigenvalue weighted by Crippen LogP contribution is -2.49. The zero-order valence-corrected chi connectivity index (χ0v) is 15.2. The van der Waals surface area contributed by atoms with E-state index in [0.717, 1.165) is 31.4 Å². The maximum Gasteiger partial charge on any atom is 0.321 e. The molecule has 0 unspecified atom stereocenters. The fourth-order valence-corrected chi connectivity index (χ4v) is 3.44. The third-order valence-electron chi connectivity index (χ3n) is 4.69. The molecule has 26 heavy (non-hydrogen) atoms. The van der Waals surface area contributed by atoms with E-state index in [0.29, 0.717) is 18.9 Å². The molecule has 1 aliphatic carbocycles. The summed E-state index contributed by atoms with van der Waals surface area (Å²) in [4.78, 5) is 25.8. The van der Waals surface area contributed by atoms with Crippen molar-refractivity contribution in [3.63, 3.8) is 0 Å². The fourth-order valence-electron chi connectivity index (χ4n) is 3.44. The number of hydrogen-bond acceptors (Lipinski definition) is 5. The van der Waals surface area contributed by atoms with Gasteiger partial charge < -0.3 is 14.8 Å². The number of para-hydroxylation sites is 2. The summed E-state index contributed by atoms with van der Waals surface area (Å²) in [7, 11) is 1.82. The zero-order valence-electron chi connectivity index (χ0n) is 15.2. The Bertz CT molecular complexity index is 631. The summed E-state index contributed by atoms with van der Waals surface area (Å²) in [5, 5.41) is 5.29. The normalized spacial score (nSPS) is 19.8. The second kappa shape index (κ2) is 8.89. The van der Waals surface area contributed by atoms with Gasteiger partial charge in [0, 0.05) is 12.6 Å². The Morgan fingerprint density at radius 1 is 1.15 bits per heavy atom. The highest BCUT2D eigenvalue weighted by Crippen LogP contribution is 2.30. The number of amides is 3. The largest absolute Gasteiger partial charge is 0.486 e. The number of nitrogens with zero attached hydrogens (tertiary/aromatic N) is 1. The molecule has 1 atom stereocenters. The summed E-state index contributed by atoms with van der Waals surface area (Å²) >= 11 is 0. The monoisotopic (exact) mass is 361 g/mol. The van der Waals surface area contributed by atoms with E-state index in [1.54, 1.807) is 0 Å². The van der Waals surface area contributed by atoms with Crippen LogP contribution in [0.1, 0.15) is 32.1 Å². The molecule has 1 saturated carbocycles. The molecule has 2 aliphatic rings. The van der Waals surface area contributed by atoms with Crippen LogP contribution in [0.5, 0.6) is 11.5 Å². The number of fused-ring (bicyclic) bond motifs is 1. The van der Waals surface area contributed by atoms with Crippen LogP contribution in [0.2, 0.25) is 0 Å². The zero-order chi connectivity index (χ0) is 18.4. The summed E-state index contributed by atoms with van der Waals surface area (Å²) < 4.78 is 11.6. The Morgan fingerprint density at radius 2 is 1.88 bits per heavy atom. The van der Waals surface area contributed by atoms with Crippen molar-refractivity contribution in [1.82, 2.24) is 15.5 Å². The molecule has 2 N–H and O–H groups in total. The van der Waals surface area contributed by atoms with Crippen LogP contribution in [0.4, 0.5) is 4.79 Å². The van der Waals surface area contributed by atoms with E-state index in [1.807, 2.05) is 36.2 Å². The van der Waals surface area contributed by atoms with Gasteiger partial charge in [0.05, 0.1) is 6.54 Å². The summed E-state index contributed by atoms with van der Waals surface area (Å²) in [5.74, 6) is 1.13. The van der Waals surface area contributed by atoms with Crippen molar-refractivity contribution < 1.29 is 19.1 Å². The lowest BCUT2D eigenvalue weighted by molar-refractivity contribution is -0.121. The molecule has 1 aromatic carbocycles. The fraction of sp³-hybridized carbons (Fsp3) is 0.579. The Morgan fingerprint density at radius 3 is 2.65 bits per heavy atom. The van der Waals surface area contributed by atoms with E-state index in [1.165, 1.54) is 6.42 Å². The molecule has 1 aliphatic heterocycles. The first kappa shape index (κ1) is 18.5. The standard InChI is InChI=1S/C19H27N3O4/c1-22(11-15-13-25-16-9-5-6-10-17(16)26-15)12-18(23)21-19(24)20-14-7-3-2-4-8-14/h5-6,9-10,14-15H,2-4,7-8,11-13H2,1H3,(H2,20,21,23,24)/t15-/m0/s1. The molecule has 0 aromatic heterocycles. The SMILES string of the molecule is CN(CC(=O)NC(=O)NC1CCCCC1)C[C@H]1COc2ccccc2O1. The number of hydrogen-bond donors (Lipinski definition) is 2. The van der Waals surface area contributed by atoms with Gasteiger partial charge in [-0.1, -0.05) is 31.4 Å². The number of imide groups is 1. The molecule has 1 fully saturated rings. The van der Waals surface area contributed by atoms with E-state index in [-0.39, 0.29) is 24.6 Å². The smallest absolute Gasteiger partial charge is 0.321 e. The number of ether oxygens (including phenoxy) is 2. The second-order valence-electron chi connectivity index (χ2n) is 7.05. The summed E-state index contributed by atoms with van der Waals surface area (Å²) in [5.41, 5.74) is 0. The van der Waals surface area contributed by atoms with Crippen molar-refractivity contribution in [3.05, 3.63) is 24.3 Å². The van der Waals surface area contributed by atoms with Gasteiger partial charge in [-0.3, -0.25) is 15.0 Å². The van der Waals surface area contributed by atoms with Crippen molar-refractivity contribution in [3.8, 4) is 11.5 Å². The first-order valence-corrected chi connectivity index (χ1v) is 9.27. The third-order valence-corrected chi connectivity index (χ3v) is 4.69. The van der Waals surface area contributed by atoms with E-state index >= 15 is 0 Å². The van der Waals surface area contributed by atoms with Gasteiger partial charge in [-0.15, -0.1) is 0 Å². The van der Waals surface area contributed by atoms with E-state index < -0.39 is 6.03 Å². The molecule has 0 radical (unpaired) electrons. The average molecular weight is 361 g/mol. The topological polar surface area (TPSA) is 79.9 Å². The molecule has 3 amide bonds. The highest BCUT2D eigenvalue weighted by atomic mass is 16.6. The molecule has 7 nitrogen and oxygen atoms in total. The van der Waals surface area contributed by atoms with Gasteiger partial charge in [-0.25, -0.2) is 4.79 Å². The van der Waals surface area contributed by atoms with Gasteiger partial charge in [-0.2, -0.15) is 0 Å². The van der Waals surface area contributed by atoms with Crippen LogP contribution in [-0.4, -0.2) is 55.7 Å². The molecule has 1 aromatic rings. The molecule has 0 saturated heterocycles. The Labute approximate surface area is 154 Å². The van der Waals surface area contributed by atoms with Crippen molar-refractivity contribution in [1.29, 1.82) is 0 Å². The minimum absolute atomic E-state index is 0.125. The minimum Gasteiger partial charge on any atom is -0.486 e. The number of rotatable bonds is 5. The van der Waals surface area contributed by atoms with Gasteiger partial charge in [0.1, 0.15) is 12.7 Å². The number of likely N-dealkylation sites (N-methyl/N-ethyl adjacent to an activating group) is 1. The van der Waals surface area contributed by atoms with E-state index in [4.69, 9.17) is 9.47 Å². The molecular weight excluding hydrogens is 334 g/mol. The number of nitrogens with one attached hydrogen (secondary N) is 2. The van der Waals surface area contributed by atoms with Gasteiger partial charge in [-0.05, 0) is 32.0 Å². The molecular formula is C19H27N3O4. The van der Waals surface area contributed by atoms with Crippen LogP contribution < -0.4 is 20.1 Å². The van der Waals surface area contributed by atoms with Crippen LogP contribution >= 0.6 is 0 Å². The molecule has 7 heteroatoms. The molecule has 3 rings (SSSR count). The summed E-state index contributed by atoms with van der Waals surface area (Å²) in [6.07, 6.45) is 5.31. The molecule has 0 bridgehead atoms. The molecule has 0 spiro atoms. The second-order valence-corrected chi connectivity index (χ2v) is 7.05. The quantitative estimate of drug-likeness (QED) is 0.838. The number of urea groups is 1. The summed E-state index contributed by atoms with van der Waals surface area (Å²) in [6.45, 7) is 1.09. The maximum absolute atomic E-state index is 12.1. The first-order chi connectivity index (χ1) is 12.6. The van der Waals surface area contributed by atoms with Crippen LogP contribution in [0.3, 0.4) is 0 Å². The molecule has 1 heterocycles. The van der Waals surface area contributed by atoms with Crippen molar-refractivity contribution >= 4 is 11.9 Å².